The Kier molecular flexibility index (Phi) is 3.65. The Hall–Kier alpha value is -1.12. The van der Waals surface area contributed by atoms with Gasteiger partial charge < -0.3 is 0 Å². The predicted octanol–water partition coefficient (Wildman–Crippen LogP) is 4.64. The Morgan fingerprint density at radius 3 is 2.59 bits per heavy atom. The summed E-state index contributed by atoms with van der Waals surface area (Å²) < 4.78 is 0.864. The van der Waals surface area contributed by atoms with E-state index in [0.717, 1.165) is 10.0 Å². The highest BCUT2D eigenvalue weighted by Crippen LogP contribution is 2.23. The molecule has 0 saturated heterocycles. The van der Waals surface area contributed by atoms with Crippen LogP contribution >= 0.6 is 27.5 Å². The number of benzene rings is 2. The molecule has 86 valence electrons. The van der Waals surface area contributed by atoms with Crippen molar-refractivity contribution in [3.63, 3.8) is 0 Å². The summed E-state index contributed by atoms with van der Waals surface area (Å²) in [5, 5.41) is 0.464. The zero-order valence-corrected chi connectivity index (χ0v) is 11.5. The van der Waals surface area contributed by atoms with Crippen molar-refractivity contribution in [2.24, 2.45) is 0 Å². The molecule has 0 aromatic heterocycles. The Bertz CT molecular complexity index is 578. The van der Waals surface area contributed by atoms with Crippen LogP contribution in [0, 0.1) is 6.92 Å². The van der Waals surface area contributed by atoms with Crippen LogP contribution in [0.15, 0.2) is 46.9 Å². The molecule has 0 fully saturated rings. The van der Waals surface area contributed by atoms with E-state index in [1.165, 1.54) is 0 Å². The molecule has 0 unspecified atom stereocenters. The lowest BCUT2D eigenvalue weighted by Gasteiger charge is -2.05. The second kappa shape index (κ2) is 5.03. The summed E-state index contributed by atoms with van der Waals surface area (Å²) in [6, 6.07) is 12.8. The molecule has 0 aliphatic rings. The van der Waals surface area contributed by atoms with Crippen molar-refractivity contribution in [1.82, 2.24) is 0 Å². The predicted molar refractivity (Wildman–Crippen MR) is 73.8 cm³/mol. The minimum atomic E-state index is -0.0498. The third-order valence-electron chi connectivity index (χ3n) is 2.46. The van der Waals surface area contributed by atoms with Gasteiger partial charge in [-0.05, 0) is 31.2 Å². The number of hydrogen-bond acceptors (Lipinski definition) is 1. The van der Waals surface area contributed by atoms with Crippen LogP contribution in [0.2, 0.25) is 5.02 Å². The summed E-state index contributed by atoms with van der Waals surface area (Å²) in [4.78, 5) is 12.2. The average molecular weight is 310 g/mol. The summed E-state index contributed by atoms with van der Waals surface area (Å²) in [6.07, 6.45) is 0. The minimum absolute atomic E-state index is 0.0498. The van der Waals surface area contributed by atoms with Gasteiger partial charge in [-0.1, -0.05) is 51.3 Å². The molecule has 2 aromatic carbocycles. The van der Waals surface area contributed by atoms with Crippen LogP contribution in [0.5, 0.6) is 0 Å². The molecule has 0 bridgehead atoms. The van der Waals surface area contributed by atoms with Crippen LogP contribution < -0.4 is 0 Å². The molecule has 17 heavy (non-hydrogen) atoms. The van der Waals surface area contributed by atoms with E-state index >= 15 is 0 Å². The second-order valence-corrected chi connectivity index (χ2v) is 5.15. The van der Waals surface area contributed by atoms with Crippen LogP contribution in [0.3, 0.4) is 0 Å². The van der Waals surface area contributed by atoms with Gasteiger partial charge in [0, 0.05) is 15.6 Å². The highest BCUT2D eigenvalue weighted by atomic mass is 79.9. The van der Waals surface area contributed by atoms with Crippen LogP contribution in [0.1, 0.15) is 21.5 Å². The number of carbonyl (C=O) groups excluding carboxylic acids is 1. The SMILES string of the molecule is Cc1cccc(C(=O)c2ccc(Br)cc2Cl)c1. The number of rotatable bonds is 2. The molecule has 2 aromatic rings. The topological polar surface area (TPSA) is 17.1 Å². The van der Waals surface area contributed by atoms with Crippen LogP contribution in [0.25, 0.3) is 0 Å². The number of carbonyl (C=O) groups is 1. The van der Waals surface area contributed by atoms with Crippen LogP contribution in [-0.4, -0.2) is 5.78 Å². The van der Waals surface area contributed by atoms with E-state index in [1.54, 1.807) is 18.2 Å². The Morgan fingerprint density at radius 2 is 1.94 bits per heavy atom. The van der Waals surface area contributed by atoms with Crippen molar-refractivity contribution >= 4 is 33.3 Å². The smallest absolute Gasteiger partial charge is 0.194 e. The van der Waals surface area contributed by atoms with E-state index in [-0.39, 0.29) is 5.78 Å². The molecule has 0 heterocycles. The monoisotopic (exact) mass is 308 g/mol. The third-order valence-corrected chi connectivity index (χ3v) is 3.26. The zero-order chi connectivity index (χ0) is 12.4. The lowest BCUT2D eigenvalue weighted by atomic mass is 10.0. The first-order valence-electron chi connectivity index (χ1n) is 5.14. The molecule has 3 heteroatoms. The molecule has 0 aliphatic heterocycles. The van der Waals surface area contributed by atoms with Gasteiger partial charge in [0.15, 0.2) is 5.78 Å². The fourth-order valence-corrected chi connectivity index (χ4v) is 2.37. The van der Waals surface area contributed by atoms with E-state index in [9.17, 15) is 4.79 Å². The molecule has 2 rings (SSSR count). The summed E-state index contributed by atoms with van der Waals surface area (Å²) in [5.74, 6) is -0.0498. The van der Waals surface area contributed by atoms with Gasteiger partial charge in [-0.2, -0.15) is 0 Å². The first-order valence-corrected chi connectivity index (χ1v) is 6.31. The lowest BCUT2D eigenvalue weighted by Crippen LogP contribution is -2.02. The van der Waals surface area contributed by atoms with E-state index in [4.69, 9.17) is 11.6 Å². The molecular formula is C14H10BrClO. The van der Waals surface area contributed by atoms with E-state index in [1.807, 2.05) is 31.2 Å². The quantitative estimate of drug-likeness (QED) is 0.738. The van der Waals surface area contributed by atoms with Crippen molar-refractivity contribution in [3.05, 3.63) is 68.7 Å². The Balaban J connectivity index is 2.44. The highest BCUT2D eigenvalue weighted by molar-refractivity contribution is 9.10. The molecule has 0 aliphatic carbocycles. The standard InChI is InChI=1S/C14H10BrClO/c1-9-3-2-4-10(7-9)14(17)12-6-5-11(15)8-13(12)16/h2-8H,1H3. The third kappa shape index (κ3) is 2.76. The van der Waals surface area contributed by atoms with E-state index in [0.29, 0.717) is 16.1 Å². The number of ketones is 1. The van der Waals surface area contributed by atoms with Gasteiger partial charge in [0.2, 0.25) is 0 Å². The normalized spacial score (nSPS) is 10.3. The van der Waals surface area contributed by atoms with Crippen molar-refractivity contribution < 1.29 is 4.79 Å². The summed E-state index contributed by atoms with van der Waals surface area (Å²) >= 11 is 9.38. The molecule has 0 amide bonds. The number of halogens is 2. The maximum atomic E-state index is 12.2. The molecule has 0 N–H and O–H groups in total. The summed E-state index contributed by atoms with van der Waals surface area (Å²) in [5.41, 5.74) is 2.25. The lowest BCUT2D eigenvalue weighted by molar-refractivity contribution is 0.103. The maximum Gasteiger partial charge on any atom is 0.194 e. The fourth-order valence-electron chi connectivity index (χ4n) is 1.62. The zero-order valence-electron chi connectivity index (χ0n) is 9.21. The van der Waals surface area contributed by atoms with Crippen LogP contribution in [-0.2, 0) is 0 Å². The molecule has 1 nitrogen and oxygen atoms in total. The van der Waals surface area contributed by atoms with Gasteiger partial charge in [0.05, 0.1) is 5.02 Å². The Labute approximate surface area is 114 Å². The summed E-state index contributed by atoms with van der Waals surface area (Å²) in [6.45, 7) is 1.96. The van der Waals surface area contributed by atoms with Crippen molar-refractivity contribution in [2.45, 2.75) is 6.92 Å². The molecule has 0 atom stereocenters. The van der Waals surface area contributed by atoms with Crippen molar-refractivity contribution in [1.29, 1.82) is 0 Å². The fraction of sp³-hybridized carbons (Fsp3) is 0.0714. The van der Waals surface area contributed by atoms with Gasteiger partial charge in [0.1, 0.15) is 0 Å². The minimum Gasteiger partial charge on any atom is -0.289 e. The van der Waals surface area contributed by atoms with Gasteiger partial charge in [0.25, 0.3) is 0 Å². The largest absolute Gasteiger partial charge is 0.289 e. The highest BCUT2D eigenvalue weighted by Gasteiger charge is 2.12. The van der Waals surface area contributed by atoms with Gasteiger partial charge >= 0.3 is 0 Å². The molecular weight excluding hydrogens is 300 g/mol. The first kappa shape index (κ1) is 12.3. The van der Waals surface area contributed by atoms with Crippen LogP contribution in [0.4, 0.5) is 0 Å². The average Bonchev–Trinajstić information content (AvgIpc) is 2.28. The van der Waals surface area contributed by atoms with Crippen molar-refractivity contribution in [3.8, 4) is 0 Å². The van der Waals surface area contributed by atoms with Gasteiger partial charge in [-0.3, -0.25) is 4.79 Å². The second-order valence-electron chi connectivity index (χ2n) is 3.82. The van der Waals surface area contributed by atoms with Gasteiger partial charge in [-0.25, -0.2) is 0 Å². The van der Waals surface area contributed by atoms with Gasteiger partial charge in [-0.15, -0.1) is 0 Å². The van der Waals surface area contributed by atoms with E-state index in [2.05, 4.69) is 15.9 Å². The maximum absolute atomic E-state index is 12.2. The molecule has 0 radical (unpaired) electrons. The Morgan fingerprint density at radius 1 is 1.18 bits per heavy atom. The first-order chi connectivity index (χ1) is 8.08. The van der Waals surface area contributed by atoms with E-state index < -0.39 is 0 Å². The summed E-state index contributed by atoms with van der Waals surface area (Å²) in [7, 11) is 0. The molecule has 0 spiro atoms. The molecule has 0 saturated carbocycles. The van der Waals surface area contributed by atoms with Crippen molar-refractivity contribution in [2.75, 3.05) is 0 Å². The number of hydrogen-bond donors (Lipinski definition) is 0. The number of aryl methyl sites for hydroxylation is 1.